The van der Waals surface area contributed by atoms with Crippen LogP contribution in [0.3, 0.4) is 0 Å². The molecule has 16 heavy (non-hydrogen) atoms. The minimum Gasteiger partial charge on any atom is -0.371 e. The lowest BCUT2D eigenvalue weighted by Crippen LogP contribution is -2.24. The third-order valence-corrected chi connectivity index (χ3v) is 2.47. The fraction of sp³-hybridized carbons (Fsp3) is 0.667. The van der Waals surface area contributed by atoms with Crippen molar-refractivity contribution in [2.24, 2.45) is 0 Å². The van der Waals surface area contributed by atoms with E-state index in [0.29, 0.717) is 13.0 Å². The van der Waals surface area contributed by atoms with Crippen molar-refractivity contribution in [3.05, 3.63) is 18.2 Å². The Bertz CT molecular complexity index is 334. The Morgan fingerprint density at radius 1 is 1.56 bits per heavy atom. The van der Waals surface area contributed by atoms with Crippen LogP contribution in [-0.2, 0) is 22.5 Å². The summed E-state index contributed by atoms with van der Waals surface area (Å²) in [5, 5.41) is 0. The van der Waals surface area contributed by atoms with Crippen molar-refractivity contribution in [2.45, 2.75) is 46.3 Å². The zero-order valence-corrected chi connectivity index (χ0v) is 10.3. The van der Waals surface area contributed by atoms with E-state index in [2.05, 4.69) is 11.9 Å². The lowest BCUT2D eigenvalue weighted by atomic mass is 10.2. The Hall–Kier alpha value is -1.16. The second-order valence-electron chi connectivity index (χ2n) is 3.78. The number of aryl methyl sites for hydroxylation is 1. The quantitative estimate of drug-likeness (QED) is 0.709. The highest BCUT2D eigenvalue weighted by Gasteiger charge is 2.15. The molecule has 0 aliphatic carbocycles. The summed E-state index contributed by atoms with van der Waals surface area (Å²) >= 11 is 0. The SMILES string of the molecule is CCCn1ccnc1CC(=O)C(C)OCC. The average molecular weight is 224 g/mol. The highest BCUT2D eigenvalue weighted by molar-refractivity contribution is 5.84. The van der Waals surface area contributed by atoms with Crippen molar-refractivity contribution < 1.29 is 9.53 Å². The first-order valence-electron chi connectivity index (χ1n) is 5.83. The molecule has 90 valence electrons. The Balaban J connectivity index is 2.58. The van der Waals surface area contributed by atoms with Gasteiger partial charge in [-0.15, -0.1) is 0 Å². The number of Topliss-reactive ketones (excluding diaryl/α,β-unsaturated/α-hetero) is 1. The lowest BCUT2D eigenvalue weighted by Gasteiger charge is -2.11. The summed E-state index contributed by atoms with van der Waals surface area (Å²) < 4.78 is 7.29. The van der Waals surface area contributed by atoms with Gasteiger partial charge in [0.2, 0.25) is 0 Å². The van der Waals surface area contributed by atoms with Crippen LogP contribution in [0.15, 0.2) is 12.4 Å². The second kappa shape index (κ2) is 6.43. The van der Waals surface area contributed by atoms with Crippen LogP contribution in [0.5, 0.6) is 0 Å². The molecule has 4 heteroatoms. The molecule has 1 atom stereocenters. The Morgan fingerprint density at radius 2 is 2.31 bits per heavy atom. The number of imidazole rings is 1. The maximum atomic E-state index is 11.8. The standard InChI is InChI=1S/C12H20N2O2/c1-4-7-14-8-6-13-12(14)9-11(15)10(3)16-5-2/h6,8,10H,4-5,7,9H2,1-3H3. The van der Waals surface area contributed by atoms with Crippen LogP contribution in [0.1, 0.15) is 33.0 Å². The molecule has 1 unspecified atom stereocenters. The smallest absolute Gasteiger partial charge is 0.168 e. The third kappa shape index (κ3) is 3.45. The summed E-state index contributed by atoms with van der Waals surface area (Å²) in [6, 6.07) is 0. The summed E-state index contributed by atoms with van der Waals surface area (Å²) in [6.07, 6.45) is 4.71. The Morgan fingerprint density at radius 3 is 2.94 bits per heavy atom. The van der Waals surface area contributed by atoms with E-state index < -0.39 is 0 Å². The van der Waals surface area contributed by atoms with Crippen molar-refractivity contribution in [2.75, 3.05) is 6.61 Å². The molecule has 1 aromatic heterocycles. The van der Waals surface area contributed by atoms with E-state index in [1.165, 1.54) is 0 Å². The Labute approximate surface area is 96.6 Å². The van der Waals surface area contributed by atoms with Crippen molar-refractivity contribution in [3.8, 4) is 0 Å². The molecule has 4 nitrogen and oxygen atoms in total. The van der Waals surface area contributed by atoms with Gasteiger partial charge in [-0.05, 0) is 20.3 Å². The van der Waals surface area contributed by atoms with Crippen molar-refractivity contribution >= 4 is 5.78 Å². The summed E-state index contributed by atoms with van der Waals surface area (Å²) in [6.45, 7) is 7.26. The minimum atomic E-state index is -0.336. The minimum absolute atomic E-state index is 0.0883. The fourth-order valence-electron chi connectivity index (χ4n) is 1.59. The summed E-state index contributed by atoms with van der Waals surface area (Å²) in [7, 11) is 0. The first-order chi connectivity index (χ1) is 7.69. The van der Waals surface area contributed by atoms with Gasteiger partial charge >= 0.3 is 0 Å². The molecular weight excluding hydrogens is 204 g/mol. The van der Waals surface area contributed by atoms with E-state index in [0.717, 1.165) is 18.8 Å². The Kier molecular flexibility index (Phi) is 5.19. The molecule has 0 aliphatic heterocycles. The molecule has 0 aromatic carbocycles. The number of nitrogens with zero attached hydrogens (tertiary/aromatic N) is 2. The first kappa shape index (κ1) is 12.9. The highest BCUT2D eigenvalue weighted by Crippen LogP contribution is 2.04. The molecule has 0 aliphatic rings. The van der Waals surface area contributed by atoms with Gasteiger partial charge in [0.05, 0.1) is 6.42 Å². The van der Waals surface area contributed by atoms with Gasteiger partial charge in [-0.3, -0.25) is 4.79 Å². The maximum Gasteiger partial charge on any atom is 0.168 e. The fourth-order valence-corrected chi connectivity index (χ4v) is 1.59. The van der Waals surface area contributed by atoms with E-state index >= 15 is 0 Å². The largest absolute Gasteiger partial charge is 0.371 e. The summed E-state index contributed by atoms with van der Waals surface area (Å²) in [4.78, 5) is 16.0. The van der Waals surface area contributed by atoms with Crippen molar-refractivity contribution in [1.29, 1.82) is 0 Å². The highest BCUT2D eigenvalue weighted by atomic mass is 16.5. The number of hydrogen-bond acceptors (Lipinski definition) is 3. The number of ether oxygens (including phenoxy) is 1. The maximum absolute atomic E-state index is 11.8. The van der Waals surface area contributed by atoms with Crippen LogP contribution in [-0.4, -0.2) is 28.0 Å². The number of ketones is 1. The molecule has 0 amide bonds. The topological polar surface area (TPSA) is 44.1 Å². The van der Waals surface area contributed by atoms with Gasteiger partial charge in [0, 0.05) is 25.5 Å². The molecule has 0 saturated heterocycles. The predicted molar refractivity (Wildman–Crippen MR) is 62.3 cm³/mol. The monoisotopic (exact) mass is 224 g/mol. The molecule has 1 aromatic rings. The average Bonchev–Trinajstić information content (AvgIpc) is 2.67. The van der Waals surface area contributed by atoms with Crippen LogP contribution in [0.4, 0.5) is 0 Å². The van der Waals surface area contributed by atoms with Gasteiger partial charge in [-0.1, -0.05) is 6.92 Å². The predicted octanol–water partition coefficient (Wildman–Crippen LogP) is 1.83. The number of rotatable bonds is 7. The van der Waals surface area contributed by atoms with E-state index in [-0.39, 0.29) is 11.9 Å². The van der Waals surface area contributed by atoms with Gasteiger partial charge in [0.15, 0.2) is 5.78 Å². The molecule has 1 heterocycles. The zero-order chi connectivity index (χ0) is 12.0. The van der Waals surface area contributed by atoms with E-state index in [1.807, 2.05) is 17.7 Å². The van der Waals surface area contributed by atoms with Gasteiger partial charge in [0.1, 0.15) is 11.9 Å². The molecular formula is C12H20N2O2. The number of aromatic nitrogens is 2. The van der Waals surface area contributed by atoms with E-state index in [4.69, 9.17) is 4.74 Å². The first-order valence-corrected chi connectivity index (χ1v) is 5.83. The molecule has 0 spiro atoms. The van der Waals surface area contributed by atoms with E-state index in [9.17, 15) is 4.79 Å². The molecule has 0 fully saturated rings. The van der Waals surface area contributed by atoms with Crippen LogP contribution in [0.2, 0.25) is 0 Å². The van der Waals surface area contributed by atoms with Crippen molar-refractivity contribution in [3.63, 3.8) is 0 Å². The number of carbonyl (C=O) groups excluding carboxylic acids is 1. The van der Waals surface area contributed by atoms with Crippen LogP contribution in [0, 0.1) is 0 Å². The molecule has 0 N–H and O–H groups in total. The molecule has 1 rings (SSSR count). The van der Waals surface area contributed by atoms with Crippen LogP contribution < -0.4 is 0 Å². The van der Waals surface area contributed by atoms with Gasteiger partial charge in [-0.2, -0.15) is 0 Å². The molecule has 0 radical (unpaired) electrons. The number of hydrogen-bond donors (Lipinski definition) is 0. The molecule has 0 bridgehead atoms. The van der Waals surface area contributed by atoms with Gasteiger partial charge in [0.25, 0.3) is 0 Å². The zero-order valence-electron chi connectivity index (χ0n) is 10.3. The number of carbonyl (C=O) groups is 1. The van der Waals surface area contributed by atoms with Gasteiger partial charge in [-0.25, -0.2) is 4.98 Å². The molecule has 0 saturated carbocycles. The summed E-state index contributed by atoms with van der Waals surface area (Å²) in [5.41, 5.74) is 0. The van der Waals surface area contributed by atoms with Gasteiger partial charge < -0.3 is 9.30 Å². The second-order valence-corrected chi connectivity index (χ2v) is 3.78. The summed E-state index contributed by atoms with van der Waals surface area (Å²) in [5.74, 6) is 0.920. The van der Waals surface area contributed by atoms with Crippen molar-refractivity contribution in [1.82, 2.24) is 9.55 Å². The normalized spacial score (nSPS) is 12.7. The van der Waals surface area contributed by atoms with E-state index in [1.54, 1.807) is 13.1 Å². The lowest BCUT2D eigenvalue weighted by molar-refractivity contribution is -0.128. The third-order valence-electron chi connectivity index (χ3n) is 2.47. The van der Waals surface area contributed by atoms with Crippen LogP contribution >= 0.6 is 0 Å². The van der Waals surface area contributed by atoms with Crippen LogP contribution in [0.25, 0.3) is 0 Å².